The monoisotopic (exact) mass is 306 g/mol. The van der Waals surface area contributed by atoms with Gasteiger partial charge >= 0.3 is 0 Å². The maximum atomic E-state index is 11.6. The van der Waals surface area contributed by atoms with Crippen LogP contribution in [-0.4, -0.2) is 36.9 Å². The molecule has 118 valence electrons. The number of nitrogens with zero attached hydrogens (tertiary/aromatic N) is 1. The van der Waals surface area contributed by atoms with Gasteiger partial charge in [0.25, 0.3) is 0 Å². The van der Waals surface area contributed by atoms with E-state index < -0.39 is 0 Å². The lowest BCUT2D eigenvalue weighted by Gasteiger charge is -2.27. The highest BCUT2D eigenvalue weighted by Crippen LogP contribution is 2.27. The van der Waals surface area contributed by atoms with E-state index in [2.05, 4.69) is 52.7 Å². The summed E-state index contributed by atoms with van der Waals surface area (Å²) in [5, 5.41) is 3.39. The Morgan fingerprint density at radius 1 is 0.870 bits per heavy atom. The molecule has 0 spiro atoms. The summed E-state index contributed by atoms with van der Waals surface area (Å²) in [6, 6.07) is 15.3. The number of carbonyl (C=O) groups is 1. The van der Waals surface area contributed by atoms with Crippen molar-refractivity contribution in [3.63, 3.8) is 0 Å². The largest absolute Gasteiger partial charge is 0.314 e. The Hall–Kier alpha value is -1.97. The number of Topliss-reactive ketones (excluding diaryl/α,β-unsaturated/α-hetero) is 1. The molecule has 0 bridgehead atoms. The summed E-state index contributed by atoms with van der Waals surface area (Å²) in [6.45, 7) is 5.46. The highest BCUT2D eigenvalue weighted by atomic mass is 16.1. The zero-order valence-electron chi connectivity index (χ0n) is 13.3. The van der Waals surface area contributed by atoms with E-state index in [1.807, 2.05) is 0 Å². The Bertz CT molecular complexity index is 715. The lowest BCUT2D eigenvalue weighted by atomic mass is 9.99. The van der Waals surface area contributed by atoms with Gasteiger partial charge in [-0.05, 0) is 27.8 Å². The Morgan fingerprint density at radius 3 is 2.35 bits per heavy atom. The Kier molecular flexibility index (Phi) is 3.98. The first-order chi connectivity index (χ1) is 11.3. The summed E-state index contributed by atoms with van der Waals surface area (Å²) in [4.78, 5) is 14.1. The van der Waals surface area contributed by atoms with Crippen LogP contribution in [0, 0.1) is 0 Å². The molecule has 2 aliphatic rings. The van der Waals surface area contributed by atoms with Crippen LogP contribution >= 0.6 is 0 Å². The first kappa shape index (κ1) is 14.6. The quantitative estimate of drug-likeness (QED) is 0.945. The molecule has 1 fully saturated rings. The van der Waals surface area contributed by atoms with Gasteiger partial charge in [-0.1, -0.05) is 42.5 Å². The van der Waals surface area contributed by atoms with Crippen LogP contribution in [0.4, 0.5) is 0 Å². The van der Waals surface area contributed by atoms with Crippen LogP contribution in [-0.2, 0) is 24.2 Å². The Labute approximate surface area is 137 Å². The zero-order valence-corrected chi connectivity index (χ0v) is 13.3. The van der Waals surface area contributed by atoms with Crippen LogP contribution in [0.15, 0.2) is 42.5 Å². The topological polar surface area (TPSA) is 32.3 Å². The molecule has 1 saturated heterocycles. The number of rotatable bonds is 3. The van der Waals surface area contributed by atoms with Gasteiger partial charge in [0.15, 0.2) is 0 Å². The lowest BCUT2D eigenvalue weighted by Crippen LogP contribution is -2.42. The number of ketones is 1. The van der Waals surface area contributed by atoms with E-state index >= 15 is 0 Å². The van der Waals surface area contributed by atoms with Crippen LogP contribution in [0.25, 0.3) is 11.1 Å². The van der Waals surface area contributed by atoms with Crippen LogP contribution in [0.1, 0.15) is 16.7 Å². The molecule has 0 aromatic heterocycles. The fourth-order valence-electron chi connectivity index (χ4n) is 3.56. The molecule has 1 N–H and O–H groups in total. The summed E-state index contributed by atoms with van der Waals surface area (Å²) < 4.78 is 0. The summed E-state index contributed by atoms with van der Waals surface area (Å²) in [5.74, 6) is 0.337. The average Bonchev–Trinajstić information content (AvgIpc) is 2.95. The molecule has 1 heterocycles. The second kappa shape index (κ2) is 6.26. The summed E-state index contributed by atoms with van der Waals surface area (Å²) in [7, 11) is 0. The SMILES string of the molecule is O=C1Cc2ccc(-c3ccc(CN4CCNCC4)cc3)cc2C1. The third kappa shape index (κ3) is 3.21. The number of hydrogen-bond donors (Lipinski definition) is 1. The van der Waals surface area contributed by atoms with Crippen molar-refractivity contribution < 1.29 is 4.79 Å². The molecule has 0 unspecified atom stereocenters. The van der Waals surface area contributed by atoms with Gasteiger partial charge < -0.3 is 5.32 Å². The van der Waals surface area contributed by atoms with Crippen LogP contribution in [0.3, 0.4) is 0 Å². The molecule has 0 atom stereocenters. The van der Waals surface area contributed by atoms with E-state index in [1.54, 1.807) is 0 Å². The lowest BCUT2D eigenvalue weighted by molar-refractivity contribution is -0.117. The minimum Gasteiger partial charge on any atom is -0.314 e. The van der Waals surface area contributed by atoms with Crippen molar-refractivity contribution in [1.82, 2.24) is 10.2 Å². The number of piperazine rings is 1. The molecule has 1 aliphatic heterocycles. The molecule has 1 aliphatic carbocycles. The maximum absolute atomic E-state index is 11.6. The van der Waals surface area contributed by atoms with E-state index in [-0.39, 0.29) is 0 Å². The highest BCUT2D eigenvalue weighted by molar-refractivity contribution is 5.88. The van der Waals surface area contributed by atoms with Crippen molar-refractivity contribution in [2.75, 3.05) is 26.2 Å². The van der Waals surface area contributed by atoms with Crippen LogP contribution in [0.5, 0.6) is 0 Å². The number of hydrogen-bond acceptors (Lipinski definition) is 3. The molecule has 3 heteroatoms. The van der Waals surface area contributed by atoms with E-state index in [1.165, 1.54) is 27.8 Å². The summed E-state index contributed by atoms with van der Waals surface area (Å²) in [5.41, 5.74) is 6.22. The molecular weight excluding hydrogens is 284 g/mol. The Morgan fingerprint density at radius 2 is 1.57 bits per heavy atom. The Balaban J connectivity index is 1.50. The molecule has 3 nitrogen and oxygen atoms in total. The van der Waals surface area contributed by atoms with Crippen molar-refractivity contribution in [1.29, 1.82) is 0 Å². The van der Waals surface area contributed by atoms with Crippen molar-refractivity contribution in [2.24, 2.45) is 0 Å². The fourth-order valence-corrected chi connectivity index (χ4v) is 3.56. The van der Waals surface area contributed by atoms with Crippen molar-refractivity contribution in [3.05, 3.63) is 59.2 Å². The maximum Gasteiger partial charge on any atom is 0.141 e. The first-order valence-electron chi connectivity index (χ1n) is 8.44. The smallest absolute Gasteiger partial charge is 0.141 e. The van der Waals surface area contributed by atoms with Gasteiger partial charge in [0.1, 0.15) is 5.78 Å². The number of benzene rings is 2. The van der Waals surface area contributed by atoms with Gasteiger partial charge in [0, 0.05) is 45.6 Å². The molecule has 23 heavy (non-hydrogen) atoms. The zero-order chi connectivity index (χ0) is 15.6. The molecule has 0 amide bonds. The van der Waals surface area contributed by atoms with Gasteiger partial charge in [0.05, 0.1) is 0 Å². The molecule has 4 rings (SSSR count). The van der Waals surface area contributed by atoms with Gasteiger partial charge in [-0.2, -0.15) is 0 Å². The second-order valence-corrected chi connectivity index (χ2v) is 6.60. The van der Waals surface area contributed by atoms with E-state index in [0.717, 1.165) is 32.7 Å². The number of fused-ring (bicyclic) bond motifs is 1. The third-order valence-electron chi connectivity index (χ3n) is 4.88. The highest BCUT2D eigenvalue weighted by Gasteiger charge is 2.18. The minimum absolute atomic E-state index is 0.337. The summed E-state index contributed by atoms with van der Waals surface area (Å²) >= 11 is 0. The van der Waals surface area contributed by atoms with E-state index in [0.29, 0.717) is 18.6 Å². The summed E-state index contributed by atoms with van der Waals surface area (Å²) in [6.07, 6.45) is 1.21. The van der Waals surface area contributed by atoms with Gasteiger partial charge in [-0.15, -0.1) is 0 Å². The number of carbonyl (C=O) groups excluding carboxylic acids is 1. The minimum atomic E-state index is 0.337. The van der Waals surface area contributed by atoms with Crippen LogP contribution in [0.2, 0.25) is 0 Å². The molecule has 0 radical (unpaired) electrons. The predicted molar refractivity (Wildman–Crippen MR) is 92.4 cm³/mol. The standard InChI is InChI=1S/C20H22N2O/c23-20-12-18-6-5-17(11-19(18)13-20)16-3-1-15(2-4-16)14-22-9-7-21-8-10-22/h1-6,11,21H,7-10,12-14H2. The molecule has 2 aromatic rings. The second-order valence-electron chi connectivity index (χ2n) is 6.60. The van der Waals surface area contributed by atoms with E-state index in [9.17, 15) is 4.79 Å². The average molecular weight is 306 g/mol. The van der Waals surface area contributed by atoms with Crippen molar-refractivity contribution in [2.45, 2.75) is 19.4 Å². The first-order valence-corrected chi connectivity index (χ1v) is 8.44. The molecule has 2 aromatic carbocycles. The van der Waals surface area contributed by atoms with Gasteiger partial charge in [-0.3, -0.25) is 9.69 Å². The molecular formula is C20H22N2O. The van der Waals surface area contributed by atoms with Gasteiger partial charge in [-0.25, -0.2) is 0 Å². The van der Waals surface area contributed by atoms with Crippen molar-refractivity contribution in [3.8, 4) is 11.1 Å². The van der Waals surface area contributed by atoms with Crippen molar-refractivity contribution >= 4 is 5.78 Å². The third-order valence-corrected chi connectivity index (χ3v) is 4.88. The van der Waals surface area contributed by atoms with Crippen LogP contribution < -0.4 is 5.32 Å². The predicted octanol–water partition coefficient (Wildman–Crippen LogP) is 2.43. The van der Waals surface area contributed by atoms with E-state index in [4.69, 9.17) is 0 Å². The van der Waals surface area contributed by atoms with Gasteiger partial charge in [0.2, 0.25) is 0 Å². The molecule has 0 saturated carbocycles. The normalized spacial score (nSPS) is 18.2. The fraction of sp³-hybridized carbons (Fsp3) is 0.350. The number of nitrogens with one attached hydrogen (secondary N) is 1.